The second-order valence-corrected chi connectivity index (χ2v) is 12.0. The number of nitrogens with zero attached hydrogens (tertiary/aromatic N) is 7. The maximum Gasteiger partial charge on any atom is 0.388 e. The highest BCUT2D eigenvalue weighted by atomic mass is 35.5. The Morgan fingerprint density at radius 2 is 1.83 bits per heavy atom. The average molecular weight is 616 g/mol. The van der Waals surface area contributed by atoms with Gasteiger partial charge < -0.3 is 25.2 Å². The number of aromatic nitrogens is 4. The SMILES string of the molecule is CC(C)S(=O)(=O)c1ncccc1Nc1nc(Nc2cc([N+](=O)[O-])c(N(C)CCN(C)C)nc2OC(F)F)ncc1Cl. The van der Waals surface area contributed by atoms with E-state index in [0.29, 0.717) is 13.1 Å². The summed E-state index contributed by atoms with van der Waals surface area (Å²) in [6.45, 7) is 0.529. The zero-order chi connectivity index (χ0) is 30.5. The van der Waals surface area contributed by atoms with E-state index in [4.69, 9.17) is 11.6 Å². The third kappa shape index (κ3) is 7.83. The van der Waals surface area contributed by atoms with Crippen molar-refractivity contribution >= 4 is 56.1 Å². The van der Waals surface area contributed by atoms with E-state index in [1.807, 2.05) is 19.0 Å². The fourth-order valence-corrected chi connectivity index (χ4v) is 4.53. The summed E-state index contributed by atoms with van der Waals surface area (Å²) >= 11 is 6.23. The molecule has 0 radical (unpaired) electrons. The fourth-order valence-electron chi connectivity index (χ4n) is 3.31. The van der Waals surface area contributed by atoms with Crippen LogP contribution in [-0.4, -0.2) is 84.3 Å². The molecule has 0 saturated carbocycles. The summed E-state index contributed by atoms with van der Waals surface area (Å²) in [7, 11) is 1.36. The van der Waals surface area contributed by atoms with Crippen LogP contribution in [-0.2, 0) is 9.84 Å². The topological polar surface area (TPSA) is 169 Å². The van der Waals surface area contributed by atoms with Crippen molar-refractivity contribution in [3.8, 4) is 5.88 Å². The van der Waals surface area contributed by atoms with Gasteiger partial charge in [-0.3, -0.25) is 10.1 Å². The molecule has 2 N–H and O–H groups in total. The van der Waals surface area contributed by atoms with Crippen molar-refractivity contribution in [2.75, 3.05) is 49.8 Å². The lowest BCUT2D eigenvalue weighted by atomic mass is 10.3. The molecule has 0 amide bonds. The first kappa shape index (κ1) is 31.6. The Morgan fingerprint density at radius 3 is 2.44 bits per heavy atom. The first-order valence-electron chi connectivity index (χ1n) is 12.0. The van der Waals surface area contributed by atoms with Gasteiger partial charge in [0.2, 0.25) is 17.6 Å². The summed E-state index contributed by atoms with van der Waals surface area (Å²) in [5, 5.41) is 16.2. The number of nitrogens with one attached hydrogen (secondary N) is 2. The molecule has 0 atom stereocenters. The molecule has 3 aromatic rings. The van der Waals surface area contributed by atoms with Gasteiger partial charge in [-0.25, -0.2) is 18.4 Å². The van der Waals surface area contributed by atoms with Crippen molar-refractivity contribution in [3.63, 3.8) is 0 Å². The Hall–Kier alpha value is -3.96. The largest absolute Gasteiger partial charge is 0.415 e. The molecule has 0 fully saturated rings. The van der Waals surface area contributed by atoms with Crippen LogP contribution < -0.4 is 20.3 Å². The van der Waals surface area contributed by atoms with E-state index in [-0.39, 0.29) is 39.0 Å². The van der Waals surface area contributed by atoms with Gasteiger partial charge in [0.1, 0.15) is 10.7 Å². The normalized spacial score (nSPS) is 11.7. The van der Waals surface area contributed by atoms with E-state index in [9.17, 15) is 27.3 Å². The van der Waals surface area contributed by atoms with Crippen molar-refractivity contribution in [2.45, 2.75) is 30.7 Å². The van der Waals surface area contributed by atoms with Crippen LogP contribution in [0.4, 0.5) is 43.4 Å². The van der Waals surface area contributed by atoms with Gasteiger partial charge in [-0.05, 0) is 40.1 Å². The highest BCUT2D eigenvalue weighted by molar-refractivity contribution is 7.92. The lowest BCUT2D eigenvalue weighted by Crippen LogP contribution is -2.29. The predicted molar refractivity (Wildman–Crippen MR) is 150 cm³/mol. The van der Waals surface area contributed by atoms with E-state index < -0.39 is 38.2 Å². The number of rotatable bonds is 13. The second-order valence-electron chi connectivity index (χ2n) is 9.13. The molecule has 0 saturated heterocycles. The third-order valence-electron chi connectivity index (χ3n) is 5.49. The third-order valence-corrected chi connectivity index (χ3v) is 7.88. The summed E-state index contributed by atoms with van der Waals surface area (Å²) in [4.78, 5) is 30.6. The lowest BCUT2D eigenvalue weighted by Gasteiger charge is -2.22. The van der Waals surface area contributed by atoms with Crippen LogP contribution in [0.2, 0.25) is 5.02 Å². The molecule has 0 unspecified atom stereocenters. The van der Waals surface area contributed by atoms with Gasteiger partial charge in [-0.1, -0.05) is 11.6 Å². The van der Waals surface area contributed by atoms with Gasteiger partial charge >= 0.3 is 12.3 Å². The van der Waals surface area contributed by atoms with Crippen molar-refractivity contribution in [3.05, 3.63) is 45.7 Å². The number of hydrogen-bond acceptors (Lipinski definition) is 13. The van der Waals surface area contributed by atoms with Crippen LogP contribution in [0.25, 0.3) is 0 Å². The first-order valence-corrected chi connectivity index (χ1v) is 13.9. The quantitative estimate of drug-likeness (QED) is 0.208. The van der Waals surface area contributed by atoms with Crippen molar-refractivity contribution in [2.24, 2.45) is 0 Å². The Kier molecular flexibility index (Phi) is 10.1. The van der Waals surface area contributed by atoms with Crippen LogP contribution in [0.1, 0.15) is 13.8 Å². The number of nitro groups is 1. The van der Waals surface area contributed by atoms with E-state index in [1.54, 1.807) is 0 Å². The van der Waals surface area contributed by atoms with Crippen molar-refractivity contribution in [1.82, 2.24) is 24.8 Å². The molecule has 0 aromatic carbocycles. The number of anilines is 5. The molecule has 222 valence electrons. The predicted octanol–water partition coefficient (Wildman–Crippen LogP) is 4.10. The minimum absolute atomic E-state index is 0.0154. The van der Waals surface area contributed by atoms with Gasteiger partial charge in [0.25, 0.3) is 0 Å². The number of likely N-dealkylation sites (N-methyl/N-ethyl adjacent to an activating group) is 2. The standard InChI is InChI=1S/C23H28ClF2N9O5S/c1-13(2)41(38,39)21-15(7-6-8-27-21)29-18-14(24)12-28-23(31-18)30-16-11-17(35(36)37)19(32-20(16)40-22(25)26)34(5)10-9-33(3)4/h6-8,11-13,22H,9-10H2,1-5H3,(H2,28,29,30,31). The maximum atomic E-state index is 13.3. The minimum atomic E-state index is -3.79. The van der Waals surface area contributed by atoms with Crippen LogP contribution >= 0.6 is 11.6 Å². The molecule has 18 heteroatoms. The zero-order valence-corrected chi connectivity index (χ0v) is 24.2. The monoisotopic (exact) mass is 615 g/mol. The van der Waals surface area contributed by atoms with Crippen LogP contribution in [0, 0.1) is 10.1 Å². The Balaban J connectivity index is 2.03. The van der Waals surface area contributed by atoms with Gasteiger partial charge in [-0.15, -0.1) is 0 Å². The summed E-state index contributed by atoms with van der Waals surface area (Å²) in [5.74, 6) is -1.12. The number of hydrogen-bond donors (Lipinski definition) is 2. The van der Waals surface area contributed by atoms with E-state index in [1.165, 1.54) is 44.1 Å². The summed E-state index contributed by atoms with van der Waals surface area (Å²) in [6, 6.07) is 3.94. The van der Waals surface area contributed by atoms with Crippen LogP contribution in [0.15, 0.2) is 35.6 Å². The molecule has 41 heavy (non-hydrogen) atoms. The number of halogens is 3. The molecular formula is C23H28ClF2N9O5S. The smallest absolute Gasteiger partial charge is 0.388 e. The highest BCUT2D eigenvalue weighted by Crippen LogP contribution is 2.37. The zero-order valence-electron chi connectivity index (χ0n) is 22.7. The summed E-state index contributed by atoms with van der Waals surface area (Å²) < 4.78 is 56.7. The first-order chi connectivity index (χ1) is 19.2. The van der Waals surface area contributed by atoms with Crippen LogP contribution in [0.5, 0.6) is 5.88 Å². The molecule has 0 aliphatic heterocycles. The average Bonchev–Trinajstić information content (AvgIpc) is 2.89. The number of ether oxygens (including phenoxy) is 1. The lowest BCUT2D eigenvalue weighted by molar-refractivity contribution is -0.384. The van der Waals surface area contributed by atoms with E-state index in [0.717, 1.165) is 12.3 Å². The molecule has 0 bridgehead atoms. The van der Waals surface area contributed by atoms with E-state index in [2.05, 4.69) is 35.3 Å². The maximum absolute atomic E-state index is 13.3. The van der Waals surface area contributed by atoms with Gasteiger partial charge in [0.15, 0.2) is 20.7 Å². The number of sulfone groups is 1. The Morgan fingerprint density at radius 1 is 1.12 bits per heavy atom. The second kappa shape index (κ2) is 13.1. The van der Waals surface area contributed by atoms with Crippen molar-refractivity contribution in [1.29, 1.82) is 0 Å². The van der Waals surface area contributed by atoms with Crippen molar-refractivity contribution < 1.29 is 26.9 Å². The fraction of sp³-hybridized carbons (Fsp3) is 0.391. The molecule has 14 nitrogen and oxygen atoms in total. The molecule has 3 aromatic heterocycles. The molecule has 0 aliphatic carbocycles. The molecule has 3 rings (SSSR count). The van der Waals surface area contributed by atoms with Gasteiger partial charge in [-0.2, -0.15) is 18.7 Å². The number of pyridine rings is 2. The van der Waals surface area contributed by atoms with Crippen LogP contribution in [0.3, 0.4) is 0 Å². The molecule has 3 heterocycles. The Bertz CT molecular complexity index is 1510. The van der Waals surface area contributed by atoms with E-state index >= 15 is 0 Å². The van der Waals surface area contributed by atoms with Gasteiger partial charge in [0, 0.05) is 32.4 Å². The van der Waals surface area contributed by atoms with Gasteiger partial charge in [0.05, 0.1) is 22.1 Å². The molecular weight excluding hydrogens is 588 g/mol. The highest BCUT2D eigenvalue weighted by Gasteiger charge is 2.27. The minimum Gasteiger partial charge on any atom is -0.415 e. The number of alkyl halides is 2. The molecule has 0 aliphatic rings. The Labute approximate surface area is 239 Å². The summed E-state index contributed by atoms with van der Waals surface area (Å²) in [5.41, 5.74) is -0.724. The molecule has 0 spiro atoms. The summed E-state index contributed by atoms with van der Waals surface area (Å²) in [6.07, 6.45) is 2.48.